The Morgan fingerprint density at radius 1 is 1.00 bits per heavy atom. The lowest BCUT2D eigenvalue weighted by atomic mass is 10.1. The largest absolute Gasteiger partial charge is 0.336 e. The van der Waals surface area contributed by atoms with Gasteiger partial charge < -0.3 is 4.90 Å². The molecule has 0 bridgehead atoms. The van der Waals surface area contributed by atoms with Gasteiger partial charge in [-0.25, -0.2) is 8.42 Å². The molecule has 7 nitrogen and oxygen atoms in total. The third kappa shape index (κ3) is 3.58. The van der Waals surface area contributed by atoms with Crippen molar-refractivity contribution in [3.8, 4) is 0 Å². The zero-order valence-corrected chi connectivity index (χ0v) is 15.5. The van der Waals surface area contributed by atoms with Crippen molar-refractivity contribution in [1.29, 1.82) is 0 Å². The Labute approximate surface area is 157 Å². The van der Waals surface area contributed by atoms with Crippen LogP contribution in [0.4, 0.5) is 0 Å². The molecule has 1 aromatic heterocycles. The first-order valence-corrected chi connectivity index (χ1v) is 10.4. The minimum absolute atomic E-state index is 0.0186. The smallest absolute Gasteiger partial charge is 0.256 e. The minimum Gasteiger partial charge on any atom is -0.336 e. The summed E-state index contributed by atoms with van der Waals surface area (Å²) in [4.78, 5) is 14.6. The molecule has 0 spiro atoms. The van der Waals surface area contributed by atoms with E-state index in [-0.39, 0.29) is 11.7 Å². The van der Waals surface area contributed by atoms with E-state index < -0.39 is 10.0 Å². The van der Waals surface area contributed by atoms with Crippen molar-refractivity contribution in [3.63, 3.8) is 0 Å². The summed E-state index contributed by atoms with van der Waals surface area (Å²) in [5, 5.41) is 7.73. The number of rotatable bonds is 4. The molecule has 0 atom stereocenters. The number of carbonyl (C=O) groups excluding carboxylic acids is 1. The summed E-state index contributed by atoms with van der Waals surface area (Å²) >= 11 is 0. The summed E-state index contributed by atoms with van der Waals surface area (Å²) < 4.78 is 26.8. The second-order valence-electron chi connectivity index (χ2n) is 6.57. The molecule has 3 aromatic rings. The van der Waals surface area contributed by atoms with Gasteiger partial charge in [-0.05, 0) is 11.6 Å². The second kappa shape index (κ2) is 7.13. The van der Waals surface area contributed by atoms with E-state index in [0.717, 1.165) is 10.9 Å². The molecule has 2 heterocycles. The van der Waals surface area contributed by atoms with Crippen molar-refractivity contribution in [2.45, 2.75) is 5.75 Å². The summed E-state index contributed by atoms with van der Waals surface area (Å²) in [5.74, 6) is -0.125. The molecule has 0 aliphatic carbocycles. The summed E-state index contributed by atoms with van der Waals surface area (Å²) in [6, 6.07) is 14.6. The zero-order valence-electron chi connectivity index (χ0n) is 14.7. The molecule has 1 amide bonds. The highest BCUT2D eigenvalue weighted by Gasteiger charge is 2.29. The van der Waals surface area contributed by atoms with Crippen molar-refractivity contribution in [3.05, 3.63) is 65.9 Å². The Bertz CT molecular complexity index is 1050. The number of H-pyrrole nitrogens is 1. The highest BCUT2D eigenvalue weighted by molar-refractivity contribution is 7.88. The molecule has 4 rings (SSSR count). The first-order valence-electron chi connectivity index (χ1n) is 8.78. The number of amides is 1. The van der Waals surface area contributed by atoms with Gasteiger partial charge in [0.15, 0.2) is 0 Å². The van der Waals surface area contributed by atoms with Gasteiger partial charge in [-0.2, -0.15) is 9.40 Å². The van der Waals surface area contributed by atoms with Crippen molar-refractivity contribution in [2.24, 2.45) is 0 Å². The standard InChI is InChI=1S/C19H20N4O3S/c24-19(17-8-4-7-16-13-20-21-18(16)17)22-9-11-23(12-10-22)27(25,26)14-15-5-2-1-3-6-15/h1-8,13H,9-12,14H2,(H,20,21). The fraction of sp³-hybridized carbons (Fsp3) is 0.263. The van der Waals surface area contributed by atoms with Gasteiger partial charge in [-0.1, -0.05) is 42.5 Å². The molecular weight excluding hydrogens is 364 g/mol. The number of hydrogen-bond donors (Lipinski definition) is 1. The van der Waals surface area contributed by atoms with E-state index in [4.69, 9.17) is 0 Å². The molecule has 27 heavy (non-hydrogen) atoms. The van der Waals surface area contributed by atoms with Gasteiger partial charge in [0.1, 0.15) is 0 Å². The zero-order chi connectivity index (χ0) is 18.9. The van der Waals surface area contributed by atoms with Gasteiger partial charge in [0.25, 0.3) is 5.91 Å². The molecule has 8 heteroatoms. The molecule has 2 aromatic carbocycles. The fourth-order valence-electron chi connectivity index (χ4n) is 3.36. The number of piperazine rings is 1. The minimum atomic E-state index is -3.40. The third-order valence-corrected chi connectivity index (χ3v) is 6.67. The summed E-state index contributed by atoms with van der Waals surface area (Å²) in [7, 11) is -3.40. The number of fused-ring (bicyclic) bond motifs is 1. The van der Waals surface area contributed by atoms with Crippen LogP contribution in [-0.2, 0) is 15.8 Å². The van der Waals surface area contributed by atoms with Crippen molar-refractivity contribution < 1.29 is 13.2 Å². The molecule has 1 aliphatic heterocycles. The molecule has 0 unspecified atom stereocenters. The average molecular weight is 384 g/mol. The van der Waals surface area contributed by atoms with E-state index in [1.54, 1.807) is 17.2 Å². The van der Waals surface area contributed by atoms with Crippen LogP contribution in [0.5, 0.6) is 0 Å². The van der Waals surface area contributed by atoms with E-state index in [0.29, 0.717) is 37.3 Å². The predicted octanol–water partition coefficient (Wildman–Crippen LogP) is 1.85. The average Bonchev–Trinajstić information content (AvgIpc) is 3.17. The van der Waals surface area contributed by atoms with Crippen LogP contribution in [0.2, 0.25) is 0 Å². The van der Waals surface area contributed by atoms with E-state index in [9.17, 15) is 13.2 Å². The second-order valence-corrected chi connectivity index (χ2v) is 8.54. The maximum atomic E-state index is 12.9. The molecular formula is C19H20N4O3S. The number of nitrogens with one attached hydrogen (secondary N) is 1. The van der Waals surface area contributed by atoms with E-state index in [1.165, 1.54) is 4.31 Å². The van der Waals surface area contributed by atoms with Gasteiger partial charge in [-0.15, -0.1) is 0 Å². The molecule has 1 saturated heterocycles. The van der Waals surface area contributed by atoms with Crippen LogP contribution >= 0.6 is 0 Å². The van der Waals surface area contributed by atoms with Crippen LogP contribution in [0, 0.1) is 0 Å². The lowest BCUT2D eigenvalue weighted by molar-refractivity contribution is 0.0699. The SMILES string of the molecule is O=C(c1cccc2cn[nH]c12)N1CCN(S(=O)(=O)Cc2ccccc2)CC1. The Morgan fingerprint density at radius 2 is 1.74 bits per heavy atom. The van der Waals surface area contributed by atoms with Gasteiger partial charge in [0, 0.05) is 31.6 Å². The van der Waals surface area contributed by atoms with Gasteiger partial charge in [0.2, 0.25) is 10.0 Å². The van der Waals surface area contributed by atoms with Crippen molar-refractivity contribution in [2.75, 3.05) is 26.2 Å². The number of benzene rings is 2. The van der Waals surface area contributed by atoms with E-state index in [2.05, 4.69) is 10.2 Å². The highest BCUT2D eigenvalue weighted by Crippen LogP contribution is 2.19. The number of para-hydroxylation sites is 1. The van der Waals surface area contributed by atoms with Gasteiger partial charge >= 0.3 is 0 Å². The number of aromatic nitrogens is 2. The molecule has 1 fully saturated rings. The van der Waals surface area contributed by atoms with Crippen LogP contribution in [0.25, 0.3) is 10.9 Å². The first-order chi connectivity index (χ1) is 13.0. The molecule has 140 valence electrons. The Kier molecular flexibility index (Phi) is 4.67. The van der Waals surface area contributed by atoms with Crippen LogP contribution in [0.1, 0.15) is 15.9 Å². The van der Waals surface area contributed by atoms with Crippen LogP contribution in [-0.4, -0.2) is 59.9 Å². The quantitative estimate of drug-likeness (QED) is 0.744. The lowest BCUT2D eigenvalue weighted by Crippen LogP contribution is -2.50. The van der Waals surface area contributed by atoms with Gasteiger partial charge in [-0.3, -0.25) is 9.89 Å². The highest BCUT2D eigenvalue weighted by atomic mass is 32.2. The number of sulfonamides is 1. The lowest BCUT2D eigenvalue weighted by Gasteiger charge is -2.34. The molecule has 1 N–H and O–H groups in total. The number of carbonyl (C=O) groups is 1. The monoisotopic (exact) mass is 384 g/mol. The topological polar surface area (TPSA) is 86.4 Å². The Hall–Kier alpha value is -2.71. The maximum Gasteiger partial charge on any atom is 0.256 e. The Morgan fingerprint density at radius 3 is 2.48 bits per heavy atom. The van der Waals surface area contributed by atoms with E-state index in [1.807, 2.05) is 42.5 Å². The number of aromatic amines is 1. The summed E-state index contributed by atoms with van der Waals surface area (Å²) in [6.07, 6.45) is 1.68. The third-order valence-electron chi connectivity index (χ3n) is 4.82. The molecule has 0 saturated carbocycles. The van der Waals surface area contributed by atoms with Crippen LogP contribution in [0.15, 0.2) is 54.7 Å². The first kappa shape index (κ1) is 17.7. The summed E-state index contributed by atoms with van der Waals surface area (Å²) in [5.41, 5.74) is 2.04. The van der Waals surface area contributed by atoms with Crippen molar-refractivity contribution in [1.82, 2.24) is 19.4 Å². The Balaban J connectivity index is 1.44. The fourth-order valence-corrected chi connectivity index (χ4v) is 4.88. The maximum absolute atomic E-state index is 12.9. The van der Waals surface area contributed by atoms with Crippen LogP contribution < -0.4 is 0 Å². The normalized spacial score (nSPS) is 15.9. The molecule has 0 radical (unpaired) electrons. The van der Waals surface area contributed by atoms with E-state index >= 15 is 0 Å². The van der Waals surface area contributed by atoms with Gasteiger partial charge in [0.05, 0.1) is 23.0 Å². The van der Waals surface area contributed by atoms with Crippen molar-refractivity contribution >= 4 is 26.8 Å². The molecule has 1 aliphatic rings. The van der Waals surface area contributed by atoms with Crippen LogP contribution in [0.3, 0.4) is 0 Å². The summed E-state index contributed by atoms with van der Waals surface area (Å²) in [6.45, 7) is 1.36. The predicted molar refractivity (Wildman–Crippen MR) is 103 cm³/mol. The number of hydrogen-bond acceptors (Lipinski definition) is 4. The number of nitrogens with zero attached hydrogens (tertiary/aromatic N) is 3.